The first kappa shape index (κ1) is 13.0. The molecule has 4 rings (SSSR count). The van der Waals surface area contributed by atoms with Gasteiger partial charge in [-0.25, -0.2) is 15.0 Å². The summed E-state index contributed by atoms with van der Waals surface area (Å²) in [5.41, 5.74) is 3.86. The molecule has 0 amide bonds. The molecule has 5 nitrogen and oxygen atoms in total. The Kier molecular flexibility index (Phi) is 3.22. The van der Waals surface area contributed by atoms with Crippen LogP contribution >= 0.6 is 0 Å². The standard InChI is InChI=1S/C16H21N5/c1-2-21-11-17-8-14(21)10-20-6-5-15-13(9-20)7-18-16(19-15)12-3-4-12/h7-8,11-12H,2-6,9-10H2,1H3. The van der Waals surface area contributed by atoms with Gasteiger partial charge in [-0.3, -0.25) is 4.90 Å². The molecule has 0 spiro atoms. The Morgan fingerprint density at radius 1 is 1.29 bits per heavy atom. The van der Waals surface area contributed by atoms with E-state index >= 15 is 0 Å². The minimum atomic E-state index is 0.646. The predicted molar refractivity (Wildman–Crippen MR) is 79.7 cm³/mol. The summed E-state index contributed by atoms with van der Waals surface area (Å²) < 4.78 is 2.21. The predicted octanol–water partition coefficient (Wildman–Crippen LogP) is 2.13. The van der Waals surface area contributed by atoms with E-state index in [4.69, 9.17) is 4.98 Å². The molecule has 1 saturated carbocycles. The summed E-state index contributed by atoms with van der Waals surface area (Å²) in [6, 6.07) is 0. The highest BCUT2D eigenvalue weighted by atomic mass is 15.2. The van der Waals surface area contributed by atoms with Crippen molar-refractivity contribution in [1.29, 1.82) is 0 Å². The van der Waals surface area contributed by atoms with Crippen LogP contribution in [-0.4, -0.2) is 31.0 Å². The maximum absolute atomic E-state index is 4.79. The van der Waals surface area contributed by atoms with Gasteiger partial charge in [0.15, 0.2) is 0 Å². The second-order valence-electron chi connectivity index (χ2n) is 6.11. The van der Waals surface area contributed by atoms with Gasteiger partial charge in [0.05, 0.1) is 12.0 Å². The summed E-state index contributed by atoms with van der Waals surface area (Å²) in [5.74, 6) is 1.72. The third-order valence-electron chi connectivity index (χ3n) is 4.50. The van der Waals surface area contributed by atoms with Gasteiger partial charge in [0.25, 0.3) is 0 Å². The second-order valence-corrected chi connectivity index (χ2v) is 6.11. The Morgan fingerprint density at radius 2 is 2.19 bits per heavy atom. The van der Waals surface area contributed by atoms with Gasteiger partial charge in [-0.05, 0) is 19.8 Å². The van der Waals surface area contributed by atoms with Gasteiger partial charge in [0, 0.05) is 62.2 Å². The molecule has 0 aromatic carbocycles. The molecule has 3 heterocycles. The van der Waals surface area contributed by atoms with E-state index in [1.54, 1.807) is 0 Å². The van der Waals surface area contributed by atoms with Crippen molar-refractivity contribution >= 4 is 0 Å². The number of rotatable bonds is 4. The van der Waals surface area contributed by atoms with Gasteiger partial charge < -0.3 is 4.57 Å². The molecule has 1 fully saturated rings. The highest BCUT2D eigenvalue weighted by molar-refractivity contribution is 5.22. The normalized spacial score (nSPS) is 18.7. The number of nitrogens with zero attached hydrogens (tertiary/aromatic N) is 5. The van der Waals surface area contributed by atoms with E-state index in [1.807, 2.05) is 12.5 Å². The Bertz CT molecular complexity index is 644. The van der Waals surface area contributed by atoms with Crippen LogP contribution in [0.4, 0.5) is 0 Å². The number of aromatic nitrogens is 4. The third-order valence-corrected chi connectivity index (χ3v) is 4.50. The minimum absolute atomic E-state index is 0.646. The molecule has 2 aromatic heterocycles. The molecule has 1 aliphatic heterocycles. The second kappa shape index (κ2) is 5.22. The average molecular weight is 283 g/mol. The molecular weight excluding hydrogens is 262 g/mol. The Balaban J connectivity index is 1.48. The van der Waals surface area contributed by atoms with Gasteiger partial charge in [0.2, 0.25) is 0 Å². The summed E-state index contributed by atoms with van der Waals surface area (Å²) in [6.45, 7) is 6.12. The van der Waals surface area contributed by atoms with E-state index in [-0.39, 0.29) is 0 Å². The first-order chi connectivity index (χ1) is 10.3. The van der Waals surface area contributed by atoms with Crippen LogP contribution in [0.5, 0.6) is 0 Å². The summed E-state index contributed by atoms with van der Waals surface area (Å²) in [5, 5.41) is 0. The minimum Gasteiger partial charge on any atom is -0.334 e. The molecule has 2 aromatic rings. The van der Waals surface area contributed by atoms with Crippen molar-refractivity contribution in [2.24, 2.45) is 0 Å². The zero-order chi connectivity index (χ0) is 14.2. The molecule has 1 aliphatic carbocycles. The van der Waals surface area contributed by atoms with E-state index in [2.05, 4.69) is 32.6 Å². The van der Waals surface area contributed by atoms with Crippen LogP contribution in [0.15, 0.2) is 18.7 Å². The fourth-order valence-electron chi connectivity index (χ4n) is 3.06. The lowest BCUT2D eigenvalue weighted by molar-refractivity contribution is 0.236. The van der Waals surface area contributed by atoms with Gasteiger partial charge in [-0.15, -0.1) is 0 Å². The molecule has 0 saturated heterocycles. The fourth-order valence-corrected chi connectivity index (χ4v) is 3.06. The highest BCUT2D eigenvalue weighted by Crippen LogP contribution is 2.38. The molecule has 0 atom stereocenters. The first-order valence-corrected chi connectivity index (χ1v) is 7.89. The van der Waals surface area contributed by atoms with Crippen LogP contribution in [-0.2, 0) is 26.1 Å². The Morgan fingerprint density at radius 3 is 3.00 bits per heavy atom. The van der Waals surface area contributed by atoms with Crippen molar-refractivity contribution in [2.45, 2.75) is 51.7 Å². The lowest BCUT2D eigenvalue weighted by Crippen LogP contribution is -2.31. The molecule has 0 radical (unpaired) electrons. The number of fused-ring (bicyclic) bond motifs is 1. The van der Waals surface area contributed by atoms with E-state index in [0.29, 0.717) is 5.92 Å². The van der Waals surface area contributed by atoms with E-state index in [9.17, 15) is 0 Å². The van der Waals surface area contributed by atoms with Crippen LogP contribution in [0, 0.1) is 0 Å². The molecule has 5 heteroatoms. The van der Waals surface area contributed by atoms with Crippen molar-refractivity contribution in [3.05, 3.63) is 41.5 Å². The number of aryl methyl sites for hydroxylation is 1. The maximum atomic E-state index is 4.79. The van der Waals surface area contributed by atoms with Crippen LogP contribution < -0.4 is 0 Å². The first-order valence-electron chi connectivity index (χ1n) is 7.89. The smallest absolute Gasteiger partial charge is 0.131 e. The van der Waals surface area contributed by atoms with Crippen LogP contribution in [0.25, 0.3) is 0 Å². The van der Waals surface area contributed by atoms with Crippen molar-refractivity contribution in [2.75, 3.05) is 6.54 Å². The number of hydrogen-bond donors (Lipinski definition) is 0. The van der Waals surface area contributed by atoms with Gasteiger partial charge in [-0.1, -0.05) is 0 Å². The van der Waals surface area contributed by atoms with Crippen LogP contribution in [0.1, 0.15) is 48.5 Å². The maximum Gasteiger partial charge on any atom is 0.131 e. The third kappa shape index (κ3) is 2.58. The Hall–Kier alpha value is -1.75. The molecular formula is C16H21N5. The lowest BCUT2D eigenvalue weighted by atomic mass is 10.1. The van der Waals surface area contributed by atoms with E-state index in [0.717, 1.165) is 38.4 Å². The largest absolute Gasteiger partial charge is 0.334 e. The Labute approximate surface area is 125 Å². The van der Waals surface area contributed by atoms with Crippen LogP contribution in [0.2, 0.25) is 0 Å². The van der Waals surface area contributed by atoms with E-state index < -0.39 is 0 Å². The zero-order valence-corrected chi connectivity index (χ0v) is 12.5. The molecule has 21 heavy (non-hydrogen) atoms. The van der Waals surface area contributed by atoms with Crippen molar-refractivity contribution < 1.29 is 0 Å². The molecule has 0 N–H and O–H groups in total. The quantitative estimate of drug-likeness (QED) is 0.862. The fraction of sp³-hybridized carbons (Fsp3) is 0.562. The average Bonchev–Trinajstić information content (AvgIpc) is 3.27. The summed E-state index contributed by atoms with van der Waals surface area (Å²) >= 11 is 0. The molecule has 110 valence electrons. The summed E-state index contributed by atoms with van der Waals surface area (Å²) in [6.07, 6.45) is 9.53. The van der Waals surface area contributed by atoms with Crippen molar-refractivity contribution in [3.63, 3.8) is 0 Å². The topological polar surface area (TPSA) is 46.8 Å². The SMILES string of the molecule is CCn1cncc1CN1CCc2nc(C3CC3)ncc2C1. The molecule has 2 aliphatic rings. The molecule has 0 unspecified atom stereocenters. The summed E-state index contributed by atoms with van der Waals surface area (Å²) in [4.78, 5) is 16.1. The zero-order valence-electron chi connectivity index (χ0n) is 12.5. The van der Waals surface area contributed by atoms with E-state index in [1.165, 1.54) is 29.8 Å². The highest BCUT2D eigenvalue weighted by Gasteiger charge is 2.28. The van der Waals surface area contributed by atoms with Gasteiger partial charge in [-0.2, -0.15) is 0 Å². The van der Waals surface area contributed by atoms with Crippen molar-refractivity contribution in [3.8, 4) is 0 Å². The van der Waals surface area contributed by atoms with Crippen molar-refractivity contribution in [1.82, 2.24) is 24.4 Å². The van der Waals surface area contributed by atoms with Gasteiger partial charge >= 0.3 is 0 Å². The summed E-state index contributed by atoms with van der Waals surface area (Å²) in [7, 11) is 0. The monoisotopic (exact) mass is 283 g/mol. The number of imidazole rings is 1. The van der Waals surface area contributed by atoms with Crippen LogP contribution in [0.3, 0.4) is 0 Å². The van der Waals surface area contributed by atoms with Gasteiger partial charge in [0.1, 0.15) is 5.82 Å². The number of hydrogen-bond acceptors (Lipinski definition) is 4. The lowest BCUT2D eigenvalue weighted by Gasteiger charge is -2.28. The molecule has 0 bridgehead atoms.